The van der Waals surface area contributed by atoms with E-state index < -0.39 is 0 Å². The molecule has 2 heterocycles. The number of hydrogen-bond donors (Lipinski definition) is 1. The molecule has 0 spiro atoms. The van der Waals surface area contributed by atoms with Crippen molar-refractivity contribution in [3.8, 4) is 11.1 Å². The number of hydrogen-bond acceptors (Lipinski definition) is 5. The second kappa shape index (κ2) is 8.69. The summed E-state index contributed by atoms with van der Waals surface area (Å²) in [6.45, 7) is 5.98. The molecule has 1 N–H and O–H groups in total. The van der Waals surface area contributed by atoms with E-state index in [4.69, 9.17) is 4.98 Å². The van der Waals surface area contributed by atoms with Gasteiger partial charge in [-0.05, 0) is 37.5 Å². The smallest absolute Gasteiger partial charge is 0.271 e. The van der Waals surface area contributed by atoms with Crippen LogP contribution in [-0.2, 0) is 11.8 Å². The van der Waals surface area contributed by atoms with Crippen LogP contribution in [0.25, 0.3) is 21.3 Å². The molecule has 0 aliphatic carbocycles. The van der Waals surface area contributed by atoms with E-state index in [9.17, 15) is 9.59 Å². The second-order valence-electron chi connectivity index (χ2n) is 7.56. The molecule has 5 nitrogen and oxygen atoms in total. The van der Waals surface area contributed by atoms with E-state index in [2.05, 4.69) is 5.32 Å². The van der Waals surface area contributed by atoms with Gasteiger partial charge in [-0.3, -0.25) is 14.2 Å². The Hall–Kier alpha value is -2.90. The van der Waals surface area contributed by atoms with Crippen LogP contribution < -0.4 is 10.9 Å². The summed E-state index contributed by atoms with van der Waals surface area (Å²) in [7, 11) is 1.70. The highest BCUT2D eigenvalue weighted by atomic mass is 32.2. The predicted octanol–water partition coefficient (Wildman–Crippen LogP) is 5.32. The summed E-state index contributed by atoms with van der Waals surface area (Å²) in [5.74, 6) is 0.0460. The third-order valence-electron chi connectivity index (χ3n) is 5.20. The van der Waals surface area contributed by atoms with Gasteiger partial charge in [0.1, 0.15) is 4.70 Å². The molecular formula is C24H23N3O2S2. The Balaban J connectivity index is 1.61. The summed E-state index contributed by atoms with van der Waals surface area (Å²) in [4.78, 5) is 30.2. The van der Waals surface area contributed by atoms with Crippen molar-refractivity contribution in [1.29, 1.82) is 0 Å². The number of aromatic nitrogens is 2. The lowest BCUT2D eigenvalue weighted by molar-refractivity contribution is -0.113. The Morgan fingerprint density at radius 1 is 1.10 bits per heavy atom. The molecule has 4 rings (SSSR count). The van der Waals surface area contributed by atoms with Crippen LogP contribution in [0, 0.1) is 20.8 Å². The fraction of sp³-hybridized carbons (Fsp3) is 0.208. The number of nitrogens with one attached hydrogen (secondary N) is 1. The highest BCUT2D eigenvalue weighted by Crippen LogP contribution is 2.32. The van der Waals surface area contributed by atoms with Crippen LogP contribution >= 0.6 is 23.1 Å². The van der Waals surface area contributed by atoms with Gasteiger partial charge in [-0.25, -0.2) is 4.98 Å². The Kier molecular flexibility index (Phi) is 5.98. The number of carbonyl (C=O) groups is 1. The van der Waals surface area contributed by atoms with E-state index in [0.29, 0.717) is 15.4 Å². The van der Waals surface area contributed by atoms with Gasteiger partial charge in [-0.15, -0.1) is 11.3 Å². The number of anilines is 1. The number of amides is 1. The van der Waals surface area contributed by atoms with Gasteiger partial charge in [0.25, 0.3) is 5.56 Å². The topological polar surface area (TPSA) is 64.0 Å². The van der Waals surface area contributed by atoms with E-state index in [-0.39, 0.29) is 17.2 Å². The zero-order chi connectivity index (χ0) is 22.1. The molecule has 2 aromatic heterocycles. The fourth-order valence-corrected chi connectivity index (χ4v) is 5.16. The average Bonchev–Trinajstić information content (AvgIpc) is 3.17. The lowest BCUT2D eigenvalue weighted by Crippen LogP contribution is -2.21. The molecule has 7 heteroatoms. The highest BCUT2D eigenvalue weighted by Gasteiger charge is 2.16. The number of carbonyl (C=O) groups excluding carboxylic acids is 1. The SMILES string of the molecule is Cc1ccc(-c2csc3c(=O)n(C)c(SCC(=O)Nc4c(C)cccc4C)nc23)cc1. The van der Waals surface area contributed by atoms with Gasteiger partial charge < -0.3 is 5.32 Å². The molecule has 0 saturated carbocycles. The van der Waals surface area contributed by atoms with E-state index in [1.54, 1.807) is 7.05 Å². The molecule has 0 fully saturated rings. The lowest BCUT2D eigenvalue weighted by atomic mass is 10.1. The number of aryl methyl sites for hydroxylation is 3. The van der Waals surface area contributed by atoms with Crippen molar-refractivity contribution >= 4 is 44.9 Å². The molecule has 31 heavy (non-hydrogen) atoms. The second-order valence-corrected chi connectivity index (χ2v) is 9.38. The van der Waals surface area contributed by atoms with Crippen molar-refractivity contribution in [2.75, 3.05) is 11.1 Å². The summed E-state index contributed by atoms with van der Waals surface area (Å²) < 4.78 is 2.15. The van der Waals surface area contributed by atoms with Crippen LogP contribution in [0.1, 0.15) is 16.7 Å². The molecular weight excluding hydrogens is 426 g/mol. The molecule has 2 aromatic carbocycles. The Morgan fingerprint density at radius 2 is 1.77 bits per heavy atom. The molecule has 0 aliphatic heterocycles. The van der Waals surface area contributed by atoms with Crippen molar-refractivity contribution in [3.63, 3.8) is 0 Å². The molecule has 158 valence electrons. The van der Waals surface area contributed by atoms with Crippen LogP contribution in [-0.4, -0.2) is 21.2 Å². The summed E-state index contributed by atoms with van der Waals surface area (Å²) in [6, 6.07) is 14.1. The minimum absolute atomic E-state index is 0.0916. The maximum atomic E-state index is 12.9. The van der Waals surface area contributed by atoms with Crippen molar-refractivity contribution < 1.29 is 4.79 Å². The Labute approximate surface area is 189 Å². The van der Waals surface area contributed by atoms with Crippen molar-refractivity contribution in [1.82, 2.24) is 9.55 Å². The van der Waals surface area contributed by atoms with Crippen LogP contribution in [0.2, 0.25) is 0 Å². The van der Waals surface area contributed by atoms with Gasteiger partial charge in [-0.2, -0.15) is 0 Å². The largest absolute Gasteiger partial charge is 0.325 e. The summed E-state index contributed by atoms with van der Waals surface area (Å²) >= 11 is 2.68. The zero-order valence-electron chi connectivity index (χ0n) is 17.9. The van der Waals surface area contributed by atoms with E-state index in [0.717, 1.165) is 27.9 Å². The van der Waals surface area contributed by atoms with Gasteiger partial charge >= 0.3 is 0 Å². The monoisotopic (exact) mass is 449 g/mol. The highest BCUT2D eigenvalue weighted by molar-refractivity contribution is 7.99. The summed E-state index contributed by atoms with van der Waals surface area (Å²) in [6.07, 6.45) is 0. The van der Waals surface area contributed by atoms with Gasteiger partial charge in [0.05, 0.1) is 11.3 Å². The first kappa shape index (κ1) is 21.3. The van der Waals surface area contributed by atoms with Crippen LogP contribution in [0.3, 0.4) is 0 Å². The first-order valence-electron chi connectivity index (χ1n) is 9.89. The lowest BCUT2D eigenvalue weighted by Gasteiger charge is -2.12. The number of thiophene rings is 1. The van der Waals surface area contributed by atoms with Gasteiger partial charge in [0.2, 0.25) is 5.91 Å². The molecule has 0 aliphatic rings. The normalized spacial score (nSPS) is 11.1. The Morgan fingerprint density at radius 3 is 2.45 bits per heavy atom. The maximum Gasteiger partial charge on any atom is 0.271 e. The standard InChI is InChI=1S/C24H23N3O2S2/c1-14-8-10-17(11-9-14)18-12-30-22-21(18)26-24(27(4)23(22)29)31-13-19(28)25-20-15(2)6-5-7-16(20)3/h5-12H,13H2,1-4H3,(H,25,28). The fourth-order valence-electron chi connectivity index (χ4n) is 3.41. The van der Waals surface area contributed by atoms with Gasteiger partial charge in [0, 0.05) is 23.7 Å². The zero-order valence-corrected chi connectivity index (χ0v) is 19.5. The summed E-state index contributed by atoms with van der Waals surface area (Å²) in [5, 5.41) is 5.49. The molecule has 0 unspecified atom stereocenters. The molecule has 1 amide bonds. The summed E-state index contributed by atoms with van der Waals surface area (Å²) in [5.41, 5.74) is 6.63. The molecule has 0 atom stereocenters. The third-order valence-corrected chi connectivity index (χ3v) is 7.19. The first-order chi connectivity index (χ1) is 14.8. The number of fused-ring (bicyclic) bond motifs is 1. The van der Waals surface area contributed by atoms with Crippen molar-refractivity contribution in [2.24, 2.45) is 7.05 Å². The number of rotatable bonds is 5. The quantitative estimate of drug-likeness (QED) is 0.331. The average molecular weight is 450 g/mol. The third kappa shape index (κ3) is 4.29. The molecule has 0 saturated heterocycles. The minimum atomic E-state index is -0.124. The predicted molar refractivity (Wildman–Crippen MR) is 130 cm³/mol. The van der Waals surface area contributed by atoms with Gasteiger partial charge in [0.15, 0.2) is 5.16 Å². The first-order valence-corrected chi connectivity index (χ1v) is 11.8. The van der Waals surface area contributed by atoms with E-state index >= 15 is 0 Å². The van der Waals surface area contributed by atoms with E-state index in [1.807, 2.05) is 68.6 Å². The minimum Gasteiger partial charge on any atom is -0.325 e. The van der Waals surface area contributed by atoms with Crippen LogP contribution in [0.4, 0.5) is 5.69 Å². The molecule has 0 radical (unpaired) electrons. The molecule has 4 aromatic rings. The number of thioether (sulfide) groups is 1. The number of para-hydroxylation sites is 1. The number of nitrogens with zero attached hydrogens (tertiary/aromatic N) is 2. The molecule has 0 bridgehead atoms. The number of benzene rings is 2. The van der Waals surface area contributed by atoms with Crippen LogP contribution in [0.15, 0.2) is 57.8 Å². The van der Waals surface area contributed by atoms with Crippen LogP contribution in [0.5, 0.6) is 0 Å². The van der Waals surface area contributed by atoms with E-state index in [1.165, 1.54) is 33.2 Å². The maximum absolute atomic E-state index is 12.9. The Bertz CT molecular complexity index is 1320. The van der Waals surface area contributed by atoms with Crippen molar-refractivity contribution in [2.45, 2.75) is 25.9 Å². The van der Waals surface area contributed by atoms with Gasteiger partial charge in [-0.1, -0.05) is 59.8 Å². The van der Waals surface area contributed by atoms with Crippen molar-refractivity contribution in [3.05, 3.63) is 74.9 Å².